The van der Waals surface area contributed by atoms with Crippen LogP contribution in [0.3, 0.4) is 0 Å². The molecule has 2 N–H and O–H groups in total. The van der Waals surface area contributed by atoms with E-state index >= 15 is 0 Å². The maximum atomic E-state index is 12.8. The Morgan fingerprint density at radius 2 is 1.71 bits per heavy atom. The van der Waals surface area contributed by atoms with Crippen LogP contribution in [0.5, 0.6) is 0 Å². The van der Waals surface area contributed by atoms with Crippen LogP contribution < -0.4 is 5.32 Å². The molecule has 3 atom stereocenters. The van der Waals surface area contributed by atoms with Crippen molar-refractivity contribution in [1.82, 2.24) is 10.2 Å². The van der Waals surface area contributed by atoms with Crippen molar-refractivity contribution in [2.75, 3.05) is 19.0 Å². The largest absolute Gasteiger partial charge is 0.477 e. The average Bonchev–Trinajstić information content (AvgIpc) is 3.23. The first-order chi connectivity index (χ1) is 18.3. The van der Waals surface area contributed by atoms with E-state index < -0.39 is 41.1 Å². The monoisotopic (exact) mass is 535 g/mol. The second-order valence-corrected chi connectivity index (χ2v) is 10.3. The highest BCUT2D eigenvalue weighted by atomic mass is 32.2. The van der Waals surface area contributed by atoms with Crippen LogP contribution in [0.25, 0.3) is 11.1 Å². The van der Waals surface area contributed by atoms with E-state index in [1.807, 2.05) is 48.5 Å². The molecule has 1 aliphatic carbocycles. The van der Waals surface area contributed by atoms with Gasteiger partial charge in [0.1, 0.15) is 36.0 Å². The molecule has 2 amide bonds. The lowest BCUT2D eigenvalue weighted by atomic mass is 10.0. The summed E-state index contributed by atoms with van der Waals surface area (Å²) in [5.74, 6) is -3.11. The second kappa shape index (κ2) is 10.3. The van der Waals surface area contributed by atoms with Crippen molar-refractivity contribution in [1.29, 1.82) is 0 Å². The van der Waals surface area contributed by atoms with Gasteiger partial charge in [0.15, 0.2) is 0 Å². The van der Waals surface area contributed by atoms with Crippen molar-refractivity contribution < 1.29 is 33.9 Å². The second-order valence-electron chi connectivity index (χ2n) is 9.16. The Morgan fingerprint density at radius 1 is 1.11 bits per heavy atom. The number of hydrogen-bond donors (Lipinski definition) is 2. The molecule has 196 valence electrons. The van der Waals surface area contributed by atoms with Crippen LogP contribution in [0.2, 0.25) is 0 Å². The molecule has 38 heavy (non-hydrogen) atoms. The number of carbonyl (C=O) groups is 4. The number of esters is 1. The quantitative estimate of drug-likeness (QED) is 0.255. The van der Waals surface area contributed by atoms with Gasteiger partial charge >= 0.3 is 11.9 Å². The molecule has 1 fully saturated rings. The fourth-order valence-electron chi connectivity index (χ4n) is 4.66. The van der Waals surface area contributed by atoms with Gasteiger partial charge in [-0.15, -0.1) is 11.8 Å². The molecule has 0 aromatic heterocycles. The predicted octanol–water partition coefficient (Wildman–Crippen LogP) is 2.37. The highest BCUT2D eigenvalue weighted by molar-refractivity contribution is 8.00. The van der Waals surface area contributed by atoms with Crippen LogP contribution >= 0.6 is 11.8 Å². The molecule has 2 heterocycles. The van der Waals surface area contributed by atoms with Crippen molar-refractivity contribution >= 4 is 41.2 Å². The summed E-state index contributed by atoms with van der Waals surface area (Å²) in [7, 11) is 0. The summed E-state index contributed by atoms with van der Waals surface area (Å²) >= 11 is 1.31. The first-order valence-electron chi connectivity index (χ1n) is 12.0. The SMILES string of the molecule is CC(=O)OCC1=C(C(=O)O)N2C(=O)[C@@H](NC(=O)[C@H](C)CON=C3c4ccccc4-c4ccccc43)[C@H]2SC1. The molecule has 0 unspecified atom stereocenters. The summed E-state index contributed by atoms with van der Waals surface area (Å²) in [6.45, 7) is 2.68. The molecule has 2 aromatic rings. The van der Waals surface area contributed by atoms with Gasteiger partial charge in [-0.2, -0.15) is 0 Å². The van der Waals surface area contributed by atoms with Gasteiger partial charge in [0, 0.05) is 29.4 Å². The molecule has 0 spiro atoms. The zero-order valence-corrected chi connectivity index (χ0v) is 21.5. The summed E-state index contributed by atoms with van der Waals surface area (Å²) in [6.07, 6.45) is 0. The molecular formula is C27H25N3O7S. The van der Waals surface area contributed by atoms with Crippen molar-refractivity contribution in [3.8, 4) is 11.1 Å². The van der Waals surface area contributed by atoms with Crippen molar-refractivity contribution in [2.24, 2.45) is 11.1 Å². The van der Waals surface area contributed by atoms with E-state index in [1.54, 1.807) is 6.92 Å². The van der Waals surface area contributed by atoms with Gasteiger partial charge in [-0.05, 0) is 11.1 Å². The molecule has 10 nitrogen and oxygen atoms in total. The van der Waals surface area contributed by atoms with E-state index in [4.69, 9.17) is 9.57 Å². The molecule has 0 bridgehead atoms. The number of benzene rings is 2. The third-order valence-electron chi connectivity index (χ3n) is 6.58. The minimum Gasteiger partial charge on any atom is -0.477 e. The number of carboxylic acids is 1. The maximum absolute atomic E-state index is 12.8. The zero-order chi connectivity index (χ0) is 27.0. The van der Waals surface area contributed by atoms with Gasteiger partial charge < -0.3 is 20.0 Å². The minimum absolute atomic E-state index is 0.00505. The topological polar surface area (TPSA) is 135 Å². The Bertz CT molecular complexity index is 1360. The molecule has 2 aromatic carbocycles. The van der Waals surface area contributed by atoms with Gasteiger partial charge in [-0.1, -0.05) is 60.6 Å². The molecule has 2 aliphatic heterocycles. The van der Waals surface area contributed by atoms with Crippen LogP contribution in [-0.4, -0.2) is 69.9 Å². The molecular weight excluding hydrogens is 510 g/mol. The fourth-order valence-corrected chi connectivity index (χ4v) is 5.99. The van der Waals surface area contributed by atoms with E-state index in [2.05, 4.69) is 10.5 Å². The Morgan fingerprint density at radius 3 is 2.29 bits per heavy atom. The number of aliphatic carboxylic acids is 1. The number of oxime groups is 1. The van der Waals surface area contributed by atoms with E-state index in [-0.39, 0.29) is 24.7 Å². The molecule has 0 saturated carbocycles. The number of nitrogens with one attached hydrogen (secondary N) is 1. The molecule has 3 aliphatic rings. The number of thioether (sulfide) groups is 1. The lowest BCUT2D eigenvalue weighted by molar-refractivity contribution is -0.151. The van der Waals surface area contributed by atoms with Crippen LogP contribution in [0.4, 0.5) is 0 Å². The Kier molecular flexibility index (Phi) is 6.94. The normalized spacial score (nSPS) is 20.0. The van der Waals surface area contributed by atoms with Crippen molar-refractivity contribution in [2.45, 2.75) is 25.3 Å². The number of nitrogens with zero attached hydrogens (tertiary/aromatic N) is 2. The average molecular weight is 536 g/mol. The van der Waals surface area contributed by atoms with Crippen LogP contribution in [0, 0.1) is 5.92 Å². The third kappa shape index (κ3) is 4.53. The summed E-state index contributed by atoms with van der Waals surface area (Å²) in [5, 5.41) is 16.2. The van der Waals surface area contributed by atoms with E-state index in [0.717, 1.165) is 27.2 Å². The predicted molar refractivity (Wildman–Crippen MR) is 139 cm³/mol. The van der Waals surface area contributed by atoms with Gasteiger partial charge in [-0.25, -0.2) is 4.79 Å². The highest BCUT2D eigenvalue weighted by Crippen LogP contribution is 2.40. The maximum Gasteiger partial charge on any atom is 0.352 e. The number of carboxylic acid groups (broad SMARTS) is 1. The third-order valence-corrected chi connectivity index (χ3v) is 7.92. The molecule has 1 saturated heterocycles. The number of rotatable bonds is 8. The van der Waals surface area contributed by atoms with E-state index in [1.165, 1.54) is 18.7 Å². The number of hydrogen-bond acceptors (Lipinski definition) is 8. The Balaban J connectivity index is 1.21. The smallest absolute Gasteiger partial charge is 0.352 e. The van der Waals surface area contributed by atoms with Crippen LogP contribution in [0.15, 0.2) is 65.0 Å². The summed E-state index contributed by atoms with van der Waals surface area (Å²) < 4.78 is 4.94. The fraction of sp³-hybridized carbons (Fsp3) is 0.296. The number of carbonyl (C=O) groups excluding carboxylic acids is 3. The van der Waals surface area contributed by atoms with E-state index in [0.29, 0.717) is 11.3 Å². The zero-order valence-electron chi connectivity index (χ0n) is 20.7. The van der Waals surface area contributed by atoms with Gasteiger partial charge in [0.2, 0.25) is 5.91 Å². The summed E-state index contributed by atoms with van der Waals surface area (Å²) in [4.78, 5) is 55.4. The highest BCUT2D eigenvalue weighted by Gasteiger charge is 2.54. The van der Waals surface area contributed by atoms with Crippen LogP contribution in [-0.2, 0) is 28.8 Å². The van der Waals surface area contributed by atoms with Gasteiger partial charge in [0.25, 0.3) is 5.91 Å². The number of ether oxygens (including phenoxy) is 1. The standard InChI is InChI=1S/C27H25N3O7S/c1-14(11-37-29-21-19-9-5-3-7-17(19)18-8-4-6-10-20(18)21)24(32)28-22-25(33)30-23(27(34)35)16(12-36-15(2)31)13-38-26(22)30/h3-10,14,22,26H,11-13H2,1-2H3,(H,28,32)(H,34,35)/t14-,22-,26-/m1/s1. The first-order valence-corrected chi connectivity index (χ1v) is 13.1. The van der Waals surface area contributed by atoms with Crippen LogP contribution in [0.1, 0.15) is 25.0 Å². The number of β-lactam (4-membered cyclic amide) rings is 1. The van der Waals surface area contributed by atoms with Gasteiger partial charge in [0.05, 0.1) is 5.92 Å². The molecule has 11 heteroatoms. The van der Waals surface area contributed by atoms with Crippen molar-refractivity contribution in [3.63, 3.8) is 0 Å². The lowest BCUT2D eigenvalue weighted by Gasteiger charge is -2.49. The van der Waals surface area contributed by atoms with Gasteiger partial charge in [-0.3, -0.25) is 19.3 Å². The minimum atomic E-state index is -1.29. The Labute approximate surface area is 222 Å². The van der Waals surface area contributed by atoms with E-state index in [9.17, 15) is 24.3 Å². The summed E-state index contributed by atoms with van der Waals surface area (Å²) in [5.41, 5.74) is 4.88. The molecule has 0 radical (unpaired) electrons. The first kappa shape index (κ1) is 25.5. The summed E-state index contributed by atoms with van der Waals surface area (Å²) in [6, 6.07) is 14.9. The number of fused-ring (bicyclic) bond motifs is 4. The lowest BCUT2D eigenvalue weighted by Crippen LogP contribution is -2.71. The molecule has 5 rings (SSSR count). The van der Waals surface area contributed by atoms with Crippen molar-refractivity contribution in [3.05, 3.63) is 70.9 Å². The Hall–Kier alpha value is -4.12. The number of amides is 2.